The van der Waals surface area contributed by atoms with E-state index in [-0.39, 0.29) is 0 Å². The van der Waals surface area contributed by atoms with Gasteiger partial charge in [-0.3, -0.25) is 4.98 Å². The molecule has 0 spiro atoms. The fourth-order valence-corrected chi connectivity index (χ4v) is 1.40. The van der Waals surface area contributed by atoms with Crippen LogP contribution in [-0.4, -0.2) is 17.0 Å². The van der Waals surface area contributed by atoms with E-state index >= 15 is 0 Å². The summed E-state index contributed by atoms with van der Waals surface area (Å²) in [4.78, 5) is 10.1. The Bertz CT molecular complexity index is 440. The van der Waals surface area contributed by atoms with Crippen LogP contribution in [-0.2, 0) is 13.1 Å². The summed E-state index contributed by atoms with van der Waals surface area (Å²) in [6, 6.07) is 4.50. The third-order valence-electron chi connectivity index (χ3n) is 2.24. The van der Waals surface area contributed by atoms with E-state index in [0.29, 0.717) is 12.6 Å². The largest absolute Gasteiger partial charge is 0.432 e. The molecule has 0 aliphatic carbocycles. The van der Waals surface area contributed by atoms with Crippen molar-refractivity contribution in [1.29, 1.82) is 0 Å². The minimum Gasteiger partial charge on any atom is -0.432 e. The number of oxazole rings is 1. The molecule has 0 bridgehead atoms. The summed E-state index contributed by atoms with van der Waals surface area (Å²) in [6.07, 6.45) is 5.12. The second-order valence-corrected chi connectivity index (χ2v) is 3.54. The average molecular weight is 218 g/mol. The van der Waals surface area contributed by atoms with Crippen LogP contribution in [0.5, 0.6) is 0 Å². The Morgan fingerprint density at radius 3 is 2.75 bits per heavy atom. The molecule has 0 amide bonds. The SMILES string of the molecule is CN(Cc1ccncc1)c1nc(CN)co1. The fraction of sp³-hybridized carbons (Fsp3) is 0.273. The van der Waals surface area contributed by atoms with Gasteiger partial charge in [-0.05, 0) is 17.7 Å². The first kappa shape index (κ1) is 10.6. The van der Waals surface area contributed by atoms with Crippen LogP contribution in [0.25, 0.3) is 0 Å². The molecule has 0 saturated heterocycles. The summed E-state index contributed by atoms with van der Waals surface area (Å²) in [5, 5.41) is 0. The number of rotatable bonds is 4. The van der Waals surface area contributed by atoms with Crippen LogP contribution >= 0.6 is 0 Å². The first-order valence-electron chi connectivity index (χ1n) is 5.04. The standard InChI is InChI=1S/C11H14N4O/c1-15(7-9-2-4-13-5-3-9)11-14-10(6-12)8-16-11/h2-5,8H,6-7,12H2,1H3. The van der Waals surface area contributed by atoms with Gasteiger partial charge in [0.25, 0.3) is 6.01 Å². The summed E-state index contributed by atoms with van der Waals surface area (Å²) in [6.45, 7) is 1.12. The lowest BCUT2D eigenvalue weighted by atomic mass is 10.2. The highest BCUT2D eigenvalue weighted by molar-refractivity contribution is 5.28. The van der Waals surface area contributed by atoms with Crippen molar-refractivity contribution in [3.05, 3.63) is 42.0 Å². The number of hydrogen-bond donors (Lipinski definition) is 1. The van der Waals surface area contributed by atoms with Gasteiger partial charge in [-0.2, -0.15) is 4.98 Å². The minimum absolute atomic E-state index is 0.395. The molecule has 0 fully saturated rings. The number of nitrogens with two attached hydrogens (primary N) is 1. The van der Waals surface area contributed by atoms with Gasteiger partial charge in [-0.1, -0.05) is 0 Å². The van der Waals surface area contributed by atoms with Crippen LogP contribution in [0, 0.1) is 0 Å². The molecule has 16 heavy (non-hydrogen) atoms. The van der Waals surface area contributed by atoms with Gasteiger partial charge in [0.05, 0.1) is 5.69 Å². The molecule has 0 aliphatic heterocycles. The Labute approximate surface area is 93.9 Å². The van der Waals surface area contributed by atoms with E-state index in [1.807, 2.05) is 24.1 Å². The lowest BCUT2D eigenvalue weighted by Gasteiger charge is -2.13. The molecular formula is C11H14N4O. The first-order valence-corrected chi connectivity index (χ1v) is 5.04. The van der Waals surface area contributed by atoms with E-state index in [1.165, 1.54) is 0 Å². The Kier molecular flexibility index (Phi) is 3.16. The Morgan fingerprint density at radius 2 is 2.12 bits per heavy atom. The van der Waals surface area contributed by atoms with Crippen LogP contribution < -0.4 is 10.6 Å². The summed E-state index contributed by atoms with van der Waals surface area (Å²) >= 11 is 0. The van der Waals surface area contributed by atoms with E-state index in [0.717, 1.165) is 17.8 Å². The zero-order valence-corrected chi connectivity index (χ0v) is 9.13. The maximum absolute atomic E-state index is 5.47. The normalized spacial score (nSPS) is 10.4. The van der Waals surface area contributed by atoms with E-state index in [1.54, 1.807) is 18.7 Å². The Morgan fingerprint density at radius 1 is 1.38 bits per heavy atom. The number of anilines is 1. The number of pyridine rings is 1. The van der Waals surface area contributed by atoms with Gasteiger partial charge in [0.2, 0.25) is 0 Å². The lowest BCUT2D eigenvalue weighted by molar-refractivity contribution is 0.544. The third-order valence-corrected chi connectivity index (χ3v) is 2.24. The predicted molar refractivity (Wildman–Crippen MR) is 60.7 cm³/mol. The van der Waals surface area contributed by atoms with Gasteiger partial charge in [-0.25, -0.2) is 0 Å². The van der Waals surface area contributed by atoms with Gasteiger partial charge >= 0.3 is 0 Å². The zero-order chi connectivity index (χ0) is 11.4. The van der Waals surface area contributed by atoms with Crippen LogP contribution in [0.2, 0.25) is 0 Å². The van der Waals surface area contributed by atoms with E-state index < -0.39 is 0 Å². The van der Waals surface area contributed by atoms with Crippen LogP contribution in [0.15, 0.2) is 35.2 Å². The van der Waals surface area contributed by atoms with Crippen LogP contribution in [0.1, 0.15) is 11.3 Å². The number of hydrogen-bond acceptors (Lipinski definition) is 5. The molecule has 0 aliphatic rings. The van der Waals surface area contributed by atoms with Crippen molar-refractivity contribution in [3.8, 4) is 0 Å². The van der Waals surface area contributed by atoms with Crippen molar-refractivity contribution in [2.75, 3.05) is 11.9 Å². The Hall–Kier alpha value is -1.88. The summed E-state index contributed by atoms with van der Waals surface area (Å²) in [7, 11) is 1.92. The molecule has 0 saturated carbocycles. The highest BCUT2D eigenvalue weighted by Crippen LogP contribution is 2.14. The molecule has 2 N–H and O–H groups in total. The van der Waals surface area contributed by atoms with Gasteiger partial charge in [-0.15, -0.1) is 0 Å². The molecule has 2 rings (SSSR count). The van der Waals surface area contributed by atoms with Crippen molar-refractivity contribution in [2.45, 2.75) is 13.1 Å². The maximum atomic E-state index is 5.47. The van der Waals surface area contributed by atoms with E-state index in [4.69, 9.17) is 10.2 Å². The van der Waals surface area contributed by atoms with Gasteiger partial charge in [0.15, 0.2) is 0 Å². The average Bonchev–Trinajstić information content (AvgIpc) is 2.79. The van der Waals surface area contributed by atoms with Crippen molar-refractivity contribution in [1.82, 2.24) is 9.97 Å². The topological polar surface area (TPSA) is 68.2 Å². The molecule has 0 radical (unpaired) electrons. The molecule has 2 aromatic rings. The fourth-order valence-electron chi connectivity index (χ4n) is 1.40. The molecule has 2 heterocycles. The van der Waals surface area contributed by atoms with Crippen molar-refractivity contribution in [2.24, 2.45) is 5.73 Å². The van der Waals surface area contributed by atoms with Crippen LogP contribution in [0.3, 0.4) is 0 Å². The number of nitrogens with zero attached hydrogens (tertiary/aromatic N) is 3. The van der Waals surface area contributed by atoms with Crippen molar-refractivity contribution in [3.63, 3.8) is 0 Å². The quantitative estimate of drug-likeness (QED) is 0.834. The lowest BCUT2D eigenvalue weighted by Crippen LogP contribution is -2.16. The smallest absolute Gasteiger partial charge is 0.297 e. The van der Waals surface area contributed by atoms with Gasteiger partial charge < -0.3 is 15.1 Å². The zero-order valence-electron chi connectivity index (χ0n) is 9.13. The van der Waals surface area contributed by atoms with Crippen molar-refractivity contribution < 1.29 is 4.42 Å². The molecular weight excluding hydrogens is 204 g/mol. The molecule has 0 atom stereocenters. The third kappa shape index (κ3) is 2.38. The summed E-state index contributed by atoms with van der Waals surface area (Å²) in [5.41, 5.74) is 7.38. The van der Waals surface area contributed by atoms with E-state index in [9.17, 15) is 0 Å². The highest BCUT2D eigenvalue weighted by Gasteiger charge is 2.08. The maximum Gasteiger partial charge on any atom is 0.297 e. The van der Waals surface area contributed by atoms with Gasteiger partial charge in [0, 0.05) is 32.5 Å². The molecule has 0 aromatic carbocycles. The molecule has 5 heteroatoms. The van der Waals surface area contributed by atoms with Crippen molar-refractivity contribution >= 4 is 6.01 Å². The Balaban J connectivity index is 2.05. The highest BCUT2D eigenvalue weighted by atomic mass is 16.4. The van der Waals surface area contributed by atoms with Crippen LogP contribution in [0.4, 0.5) is 6.01 Å². The van der Waals surface area contributed by atoms with Gasteiger partial charge in [0.1, 0.15) is 6.26 Å². The summed E-state index contributed by atoms with van der Waals surface area (Å²) < 4.78 is 5.31. The minimum atomic E-state index is 0.395. The summed E-state index contributed by atoms with van der Waals surface area (Å²) in [5.74, 6) is 0. The first-order chi connectivity index (χ1) is 7.79. The van der Waals surface area contributed by atoms with E-state index in [2.05, 4.69) is 9.97 Å². The number of aromatic nitrogens is 2. The molecule has 2 aromatic heterocycles. The molecule has 5 nitrogen and oxygen atoms in total. The second-order valence-electron chi connectivity index (χ2n) is 3.54. The predicted octanol–water partition coefficient (Wildman–Crippen LogP) is 1.16. The monoisotopic (exact) mass is 218 g/mol. The molecule has 0 unspecified atom stereocenters. The second kappa shape index (κ2) is 4.76. The molecule has 84 valence electrons.